The molecule has 2 heteroatoms. The Morgan fingerprint density at radius 2 is 1.12 bits per heavy atom. The average molecular weight is 341 g/mol. The van der Waals surface area contributed by atoms with Crippen LogP contribution in [0.3, 0.4) is 0 Å². The number of hydrogen-bond acceptors (Lipinski definition) is 1. The fourth-order valence-corrected chi connectivity index (χ4v) is 1.95. The summed E-state index contributed by atoms with van der Waals surface area (Å²) in [5.74, 6) is 0. The van der Waals surface area contributed by atoms with Crippen molar-refractivity contribution >= 4 is 24.0 Å². The zero-order valence-electron chi connectivity index (χ0n) is 11.3. The van der Waals surface area contributed by atoms with Gasteiger partial charge in [0.15, 0.2) is 0 Å². The van der Waals surface area contributed by atoms with Crippen molar-refractivity contribution < 1.29 is 0 Å². The predicted octanol–water partition coefficient (Wildman–Crippen LogP) is 5.26. The molecule has 0 aliphatic rings. The van der Waals surface area contributed by atoms with Crippen LogP contribution in [0.25, 0.3) is 0 Å². The highest BCUT2D eigenvalue weighted by molar-refractivity contribution is 14.0. The van der Waals surface area contributed by atoms with Gasteiger partial charge in [-0.1, -0.05) is 71.1 Å². The largest absolute Gasteiger partial charge is 0.328 e. The van der Waals surface area contributed by atoms with Crippen molar-refractivity contribution in [2.45, 2.75) is 90.5 Å². The van der Waals surface area contributed by atoms with Crippen molar-refractivity contribution in [3.63, 3.8) is 0 Å². The van der Waals surface area contributed by atoms with Gasteiger partial charge in [-0.25, -0.2) is 0 Å². The molecule has 0 heterocycles. The summed E-state index contributed by atoms with van der Waals surface area (Å²) in [5.41, 5.74) is 5.70. The molecule has 0 rings (SSSR count). The monoisotopic (exact) mass is 341 g/mol. The number of nitrogens with two attached hydrogens (primary N) is 1. The van der Waals surface area contributed by atoms with Gasteiger partial charge in [-0.2, -0.15) is 0 Å². The molecule has 16 heavy (non-hydrogen) atoms. The Balaban J connectivity index is 0. The first kappa shape index (κ1) is 19.0. The van der Waals surface area contributed by atoms with E-state index in [4.69, 9.17) is 5.73 Å². The first-order valence-corrected chi connectivity index (χ1v) is 7.03. The first-order valence-electron chi connectivity index (χ1n) is 7.03. The number of rotatable bonds is 11. The summed E-state index contributed by atoms with van der Waals surface area (Å²) in [4.78, 5) is 0. The van der Waals surface area contributed by atoms with E-state index in [1.807, 2.05) is 0 Å². The Morgan fingerprint density at radius 3 is 1.50 bits per heavy atom. The van der Waals surface area contributed by atoms with Gasteiger partial charge in [0, 0.05) is 6.04 Å². The van der Waals surface area contributed by atoms with Crippen LogP contribution in [-0.4, -0.2) is 6.04 Å². The van der Waals surface area contributed by atoms with E-state index in [0.29, 0.717) is 6.04 Å². The van der Waals surface area contributed by atoms with E-state index in [2.05, 4.69) is 13.8 Å². The quantitative estimate of drug-likeness (QED) is 0.402. The van der Waals surface area contributed by atoms with Crippen molar-refractivity contribution in [1.82, 2.24) is 0 Å². The molecule has 0 aromatic rings. The molecule has 0 radical (unpaired) electrons. The third-order valence-corrected chi connectivity index (χ3v) is 3.01. The molecule has 0 aromatic heterocycles. The maximum atomic E-state index is 5.70. The topological polar surface area (TPSA) is 26.0 Å². The second kappa shape index (κ2) is 15.7. The number of halogens is 1. The summed E-state index contributed by atoms with van der Waals surface area (Å²) in [6.07, 6.45) is 15.3. The zero-order valence-corrected chi connectivity index (χ0v) is 13.7. The first-order chi connectivity index (χ1) is 7.27. The van der Waals surface area contributed by atoms with Gasteiger partial charge in [0.05, 0.1) is 0 Å². The van der Waals surface area contributed by atoms with E-state index < -0.39 is 0 Å². The third kappa shape index (κ3) is 17.1. The van der Waals surface area contributed by atoms with E-state index in [0.717, 1.165) is 0 Å². The van der Waals surface area contributed by atoms with Gasteiger partial charge in [-0.15, -0.1) is 24.0 Å². The maximum absolute atomic E-state index is 5.70. The molecular formula is C14H32IN. The Bertz CT molecular complexity index is 115. The molecule has 100 valence electrons. The van der Waals surface area contributed by atoms with Crippen molar-refractivity contribution in [1.29, 1.82) is 0 Å². The van der Waals surface area contributed by atoms with E-state index >= 15 is 0 Å². The Labute approximate surface area is 120 Å². The Kier molecular flexibility index (Phi) is 18.7. The summed E-state index contributed by atoms with van der Waals surface area (Å²) < 4.78 is 0. The fourth-order valence-electron chi connectivity index (χ4n) is 1.95. The predicted molar refractivity (Wildman–Crippen MR) is 85.5 cm³/mol. The van der Waals surface area contributed by atoms with E-state index in [1.54, 1.807) is 0 Å². The molecular weight excluding hydrogens is 309 g/mol. The minimum Gasteiger partial charge on any atom is -0.328 e. The van der Waals surface area contributed by atoms with E-state index in [9.17, 15) is 0 Å². The molecule has 0 spiro atoms. The summed E-state index contributed by atoms with van der Waals surface area (Å²) in [6, 6.07) is 0.402. The second-order valence-electron chi connectivity index (χ2n) is 4.95. The van der Waals surface area contributed by atoms with Crippen LogP contribution in [0.2, 0.25) is 0 Å². The zero-order chi connectivity index (χ0) is 11.4. The van der Waals surface area contributed by atoms with Crippen molar-refractivity contribution in [2.24, 2.45) is 5.73 Å². The van der Waals surface area contributed by atoms with Crippen LogP contribution in [0, 0.1) is 0 Å². The maximum Gasteiger partial charge on any atom is 0.00104 e. The van der Waals surface area contributed by atoms with Gasteiger partial charge >= 0.3 is 0 Å². The Morgan fingerprint density at radius 1 is 0.750 bits per heavy atom. The lowest BCUT2D eigenvalue weighted by Crippen LogP contribution is -2.13. The van der Waals surface area contributed by atoms with Crippen LogP contribution >= 0.6 is 24.0 Å². The van der Waals surface area contributed by atoms with Crippen LogP contribution in [0.15, 0.2) is 0 Å². The van der Waals surface area contributed by atoms with Gasteiger partial charge in [0.25, 0.3) is 0 Å². The SMILES string of the molecule is CCCCCCCCCCCCC(C)N.I. The van der Waals surface area contributed by atoms with Crippen LogP contribution < -0.4 is 5.73 Å². The molecule has 0 amide bonds. The standard InChI is InChI=1S/C14H31N.HI/c1-3-4-5-6-7-8-9-10-11-12-13-14(2)15;/h14H,3-13,15H2,1-2H3;1H. The molecule has 0 bridgehead atoms. The van der Waals surface area contributed by atoms with E-state index in [1.165, 1.54) is 70.6 Å². The minimum absolute atomic E-state index is 0. The van der Waals surface area contributed by atoms with Crippen molar-refractivity contribution in [3.05, 3.63) is 0 Å². The highest BCUT2D eigenvalue weighted by Gasteiger charge is 1.95. The third-order valence-electron chi connectivity index (χ3n) is 3.01. The Hall–Kier alpha value is 0.690. The van der Waals surface area contributed by atoms with Gasteiger partial charge in [0.1, 0.15) is 0 Å². The van der Waals surface area contributed by atoms with E-state index in [-0.39, 0.29) is 24.0 Å². The molecule has 2 N–H and O–H groups in total. The molecule has 0 saturated heterocycles. The van der Waals surface area contributed by atoms with Gasteiger partial charge < -0.3 is 5.73 Å². The van der Waals surface area contributed by atoms with Gasteiger partial charge in [0.2, 0.25) is 0 Å². The van der Waals surface area contributed by atoms with Crippen molar-refractivity contribution in [2.75, 3.05) is 0 Å². The second-order valence-corrected chi connectivity index (χ2v) is 4.95. The highest BCUT2D eigenvalue weighted by Crippen LogP contribution is 2.11. The molecule has 0 fully saturated rings. The lowest BCUT2D eigenvalue weighted by Gasteiger charge is -2.04. The normalized spacial score (nSPS) is 12.2. The molecule has 0 saturated carbocycles. The number of unbranched alkanes of at least 4 members (excludes halogenated alkanes) is 9. The summed E-state index contributed by atoms with van der Waals surface area (Å²) in [6.45, 7) is 4.38. The average Bonchev–Trinajstić information content (AvgIpc) is 2.20. The lowest BCUT2D eigenvalue weighted by atomic mass is 10.0. The lowest BCUT2D eigenvalue weighted by molar-refractivity contribution is 0.533. The summed E-state index contributed by atoms with van der Waals surface area (Å²) in [5, 5.41) is 0. The number of hydrogen-bond donors (Lipinski definition) is 1. The van der Waals surface area contributed by atoms with Gasteiger partial charge in [-0.3, -0.25) is 0 Å². The highest BCUT2D eigenvalue weighted by atomic mass is 127. The van der Waals surface area contributed by atoms with Crippen LogP contribution in [0.4, 0.5) is 0 Å². The smallest absolute Gasteiger partial charge is 0.00104 e. The van der Waals surface area contributed by atoms with Crippen LogP contribution in [0.1, 0.15) is 84.5 Å². The molecule has 0 aliphatic carbocycles. The molecule has 1 atom stereocenters. The summed E-state index contributed by atoms with van der Waals surface area (Å²) >= 11 is 0. The fraction of sp³-hybridized carbons (Fsp3) is 1.00. The molecule has 1 unspecified atom stereocenters. The minimum atomic E-state index is 0. The summed E-state index contributed by atoms with van der Waals surface area (Å²) in [7, 11) is 0. The molecule has 0 aliphatic heterocycles. The molecule has 0 aromatic carbocycles. The van der Waals surface area contributed by atoms with Crippen LogP contribution in [-0.2, 0) is 0 Å². The van der Waals surface area contributed by atoms with Gasteiger partial charge in [-0.05, 0) is 13.3 Å². The van der Waals surface area contributed by atoms with Crippen LogP contribution in [0.5, 0.6) is 0 Å². The molecule has 1 nitrogen and oxygen atoms in total. The van der Waals surface area contributed by atoms with Crippen molar-refractivity contribution in [3.8, 4) is 0 Å².